The van der Waals surface area contributed by atoms with Crippen LogP contribution < -0.4 is 0 Å². The molecule has 1 amide bonds. The maximum Gasteiger partial charge on any atom is 0.352 e. The number of hydrogen-bond acceptors (Lipinski definition) is 5. The van der Waals surface area contributed by atoms with Crippen molar-refractivity contribution in [3.05, 3.63) is 24.3 Å². The molecular weight excluding hydrogens is 224 g/mol. The first-order valence-corrected chi connectivity index (χ1v) is 5.04. The van der Waals surface area contributed by atoms with E-state index in [4.69, 9.17) is 5.11 Å². The van der Waals surface area contributed by atoms with Crippen LogP contribution in [0.25, 0.3) is 0 Å². The van der Waals surface area contributed by atoms with Gasteiger partial charge in [0.1, 0.15) is 18.1 Å². The summed E-state index contributed by atoms with van der Waals surface area (Å²) in [6.45, 7) is 0.0937. The zero-order valence-electron chi connectivity index (χ0n) is 8.91. The Kier molecular flexibility index (Phi) is 3.08. The molecule has 17 heavy (non-hydrogen) atoms. The maximum atomic E-state index is 11.5. The molecule has 1 aliphatic heterocycles. The number of hydrazone groups is 1. The number of carboxylic acid groups (broad SMARTS) is 1. The van der Waals surface area contributed by atoms with Gasteiger partial charge in [0.15, 0.2) is 0 Å². The van der Waals surface area contributed by atoms with E-state index in [9.17, 15) is 9.59 Å². The number of nitrogens with zero attached hydrogens (tertiary/aromatic N) is 4. The van der Waals surface area contributed by atoms with Crippen LogP contribution in [0.4, 0.5) is 0 Å². The summed E-state index contributed by atoms with van der Waals surface area (Å²) in [6, 6.07) is 1.66. The van der Waals surface area contributed by atoms with Crippen molar-refractivity contribution in [1.82, 2.24) is 15.0 Å². The van der Waals surface area contributed by atoms with Crippen molar-refractivity contribution < 1.29 is 14.7 Å². The van der Waals surface area contributed by atoms with Crippen LogP contribution in [0.2, 0.25) is 0 Å². The van der Waals surface area contributed by atoms with Gasteiger partial charge in [-0.05, 0) is 6.07 Å². The third-order valence-electron chi connectivity index (χ3n) is 2.26. The van der Waals surface area contributed by atoms with E-state index in [1.807, 2.05) is 0 Å². The predicted molar refractivity (Wildman–Crippen MR) is 56.9 cm³/mol. The molecule has 1 aromatic rings. The summed E-state index contributed by atoms with van der Waals surface area (Å²) in [5, 5.41) is 13.7. The molecule has 1 aliphatic rings. The average Bonchev–Trinajstić information content (AvgIpc) is 2.33. The SMILES string of the molecule is O=C(O)C1=NN(Cc2ncccn2)C(=O)CC1. The Balaban J connectivity index is 2.16. The zero-order chi connectivity index (χ0) is 12.3. The molecule has 88 valence electrons. The van der Waals surface area contributed by atoms with Crippen LogP contribution in [0.3, 0.4) is 0 Å². The maximum absolute atomic E-state index is 11.5. The molecule has 0 atom stereocenters. The monoisotopic (exact) mass is 234 g/mol. The first-order valence-electron chi connectivity index (χ1n) is 5.04. The number of aliphatic carboxylic acids is 1. The van der Waals surface area contributed by atoms with E-state index < -0.39 is 5.97 Å². The minimum absolute atomic E-state index is 0.0134. The highest BCUT2D eigenvalue weighted by Gasteiger charge is 2.24. The highest BCUT2D eigenvalue weighted by Crippen LogP contribution is 2.11. The summed E-state index contributed by atoms with van der Waals surface area (Å²) in [5.41, 5.74) is -0.0134. The van der Waals surface area contributed by atoms with Crippen LogP contribution in [0.5, 0.6) is 0 Å². The van der Waals surface area contributed by atoms with Gasteiger partial charge in [0.25, 0.3) is 0 Å². The highest BCUT2D eigenvalue weighted by molar-refractivity contribution is 6.36. The third-order valence-corrected chi connectivity index (χ3v) is 2.26. The van der Waals surface area contributed by atoms with Gasteiger partial charge in [0.05, 0.1) is 0 Å². The quantitative estimate of drug-likeness (QED) is 0.796. The van der Waals surface area contributed by atoms with E-state index in [-0.39, 0.29) is 31.0 Å². The van der Waals surface area contributed by atoms with Crippen LogP contribution >= 0.6 is 0 Å². The highest BCUT2D eigenvalue weighted by atomic mass is 16.4. The Labute approximate surface area is 96.8 Å². The van der Waals surface area contributed by atoms with Crippen LogP contribution in [0, 0.1) is 0 Å². The van der Waals surface area contributed by atoms with Crippen molar-refractivity contribution in [2.45, 2.75) is 19.4 Å². The van der Waals surface area contributed by atoms with Gasteiger partial charge in [0, 0.05) is 25.2 Å². The molecule has 2 rings (SSSR count). The van der Waals surface area contributed by atoms with Gasteiger partial charge < -0.3 is 5.11 Å². The number of carbonyl (C=O) groups excluding carboxylic acids is 1. The van der Waals surface area contributed by atoms with Gasteiger partial charge in [-0.1, -0.05) is 0 Å². The standard InChI is InChI=1S/C10H10N4O3/c15-9-3-2-7(10(16)17)13-14(9)6-8-11-4-1-5-12-8/h1,4-5H,2-3,6H2,(H,16,17). The minimum atomic E-state index is -1.10. The number of carboxylic acids is 1. The predicted octanol–water partition coefficient (Wildman–Crippen LogP) is 0.0396. The molecule has 0 spiro atoms. The molecule has 1 aromatic heterocycles. The Hall–Kier alpha value is -2.31. The number of rotatable bonds is 3. The molecule has 0 saturated heterocycles. The summed E-state index contributed by atoms with van der Waals surface area (Å²) in [4.78, 5) is 30.2. The molecule has 0 radical (unpaired) electrons. The molecule has 7 nitrogen and oxygen atoms in total. The molecule has 0 unspecified atom stereocenters. The molecule has 0 bridgehead atoms. The van der Waals surface area contributed by atoms with Gasteiger partial charge >= 0.3 is 5.97 Å². The van der Waals surface area contributed by atoms with E-state index >= 15 is 0 Å². The molecule has 0 aliphatic carbocycles. The number of carbonyl (C=O) groups is 2. The van der Waals surface area contributed by atoms with Gasteiger partial charge in [-0.15, -0.1) is 0 Å². The van der Waals surface area contributed by atoms with Gasteiger partial charge in [-0.3, -0.25) is 4.79 Å². The lowest BCUT2D eigenvalue weighted by molar-refractivity contribution is -0.133. The Morgan fingerprint density at radius 1 is 1.35 bits per heavy atom. The van der Waals surface area contributed by atoms with E-state index in [1.165, 1.54) is 0 Å². The first-order chi connectivity index (χ1) is 8.16. The van der Waals surface area contributed by atoms with Crippen molar-refractivity contribution >= 4 is 17.6 Å². The topological polar surface area (TPSA) is 95.8 Å². The van der Waals surface area contributed by atoms with Gasteiger partial charge in [-0.2, -0.15) is 5.10 Å². The number of aromatic nitrogens is 2. The first kappa shape index (κ1) is 11.2. The van der Waals surface area contributed by atoms with Gasteiger partial charge in [0.2, 0.25) is 5.91 Å². The Morgan fingerprint density at radius 2 is 2.06 bits per heavy atom. The van der Waals surface area contributed by atoms with Crippen molar-refractivity contribution in [3.63, 3.8) is 0 Å². The van der Waals surface area contributed by atoms with E-state index in [1.54, 1.807) is 18.5 Å². The van der Waals surface area contributed by atoms with E-state index in [0.717, 1.165) is 5.01 Å². The van der Waals surface area contributed by atoms with Crippen LogP contribution in [-0.4, -0.2) is 37.7 Å². The molecule has 0 saturated carbocycles. The summed E-state index contributed by atoms with van der Waals surface area (Å²) in [6.07, 6.45) is 3.43. The minimum Gasteiger partial charge on any atom is -0.477 e. The lowest BCUT2D eigenvalue weighted by Crippen LogP contribution is -2.34. The summed E-state index contributed by atoms with van der Waals surface area (Å²) in [5.74, 6) is -0.893. The smallest absolute Gasteiger partial charge is 0.352 e. The van der Waals surface area contributed by atoms with Crippen LogP contribution in [0.1, 0.15) is 18.7 Å². The van der Waals surface area contributed by atoms with Crippen molar-refractivity contribution in [2.24, 2.45) is 5.10 Å². The summed E-state index contributed by atoms with van der Waals surface area (Å²) >= 11 is 0. The number of hydrogen-bond donors (Lipinski definition) is 1. The second kappa shape index (κ2) is 4.69. The second-order valence-electron chi connectivity index (χ2n) is 3.47. The Bertz CT molecular complexity index is 472. The fourth-order valence-electron chi connectivity index (χ4n) is 1.42. The molecule has 1 N–H and O–H groups in total. The summed E-state index contributed by atoms with van der Waals surface area (Å²) in [7, 11) is 0. The molecule has 0 aromatic carbocycles. The van der Waals surface area contributed by atoms with Crippen LogP contribution in [0.15, 0.2) is 23.6 Å². The second-order valence-corrected chi connectivity index (χ2v) is 3.47. The third kappa shape index (κ3) is 2.63. The molecule has 7 heteroatoms. The zero-order valence-corrected chi connectivity index (χ0v) is 8.91. The van der Waals surface area contributed by atoms with Crippen molar-refractivity contribution in [3.8, 4) is 0 Å². The average molecular weight is 234 g/mol. The number of amides is 1. The largest absolute Gasteiger partial charge is 0.477 e. The normalized spacial score (nSPS) is 15.6. The van der Waals surface area contributed by atoms with Crippen LogP contribution in [-0.2, 0) is 16.1 Å². The lowest BCUT2D eigenvalue weighted by Gasteiger charge is -2.21. The molecular formula is C10H10N4O3. The van der Waals surface area contributed by atoms with Gasteiger partial charge in [-0.25, -0.2) is 19.8 Å². The van der Waals surface area contributed by atoms with E-state index in [0.29, 0.717) is 5.82 Å². The summed E-state index contributed by atoms with van der Waals surface area (Å²) < 4.78 is 0. The lowest BCUT2D eigenvalue weighted by atomic mass is 10.2. The van der Waals surface area contributed by atoms with E-state index in [2.05, 4.69) is 15.1 Å². The van der Waals surface area contributed by atoms with Crippen molar-refractivity contribution in [2.75, 3.05) is 0 Å². The molecule has 0 fully saturated rings. The fourth-order valence-corrected chi connectivity index (χ4v) is 1.42. The van der Waals surface area contributed by atoms with Crippen molar-refractivity contribution in [1.29, 1.82) is 0 Å². The Morgan fingerprint density at radius 3 is 2.71 bits per heavy atom. The molecule has 2 heterocycles. The fraction of sp³-hybridized carbons (Fsp3) is 0.300.